The van der Waals surface area contributed by atoms with Gasteiger partial charge in [-0.3, -0.25) is 9.59 Å². The molecule has 3 rings (SSSR count). The molecule has 190 valence electrons. The SMILES string of the molecule is CCNC(=O)[C@@H](Cc1ccccc1)N(Cc1ccc(Cl)c(Cl)c1)C(=O)CCCOc1ccc(Cl)cc1. The number of ether oxygens (including phenoxy) is 1. The molecule has 5 nitrogen and oxygen atoms in total. The van der Waals surface area contributed by atoms with E-state index in [0.717, 1.165) is 11.1 Å². The monoisotopic (exact) mass is 546 g/mol. The molecule has 36 heavy (non-hydrogen) atoms. The van der Waals surface area contributed by atoms with E-state index in [4.69, 9.17) is 39.5 Å². The summed E-state index contributed by atoms with van der Waals surface area (Å²) in [6, 6.07) is 21.3. The average Bonchev–Trinajstić information content (AvgIpc) is 2.87. The Morgan fingerprint density at radius 2 is 1.64 bits per heavy atom. The second-order valence-electron chi connectivity index (χ2n) is 8.28. The molecular weight excluding hydrogens is 519 g/mol. The summed E-state index contributed by atoms with van der Waals surface area (Å²) in [6.45, 7) is 2.91. The van der Waals surface area contributed by atoms with Crippen LogP contribution in [0.15, 0.2) is 72.8 Å². The second-order valence-corrected chi connectivity index (χ2v) is 9.53. The molecule has 0 spiro atoms. The molecule has 3 aromatic carbocycles. The Hall–Kier alpha value is -2.73. The van der Waals surface area contributed by atoms with Crippen molar-refractivity contribution < 1.29 is 14.3 Å². The van der Waals surface area contributed by atoms with E-state index in [-0.39, 0.29) is 24.8 Å². The highest BCUT2D eigenvalue weighted by molar-refractivity contribution is 6.42. The van der Waals surface area contributed by atoms with Crippen molar-refractivity contribution in [3.8, 4) is 5.75 Å². The van der Waals surface area contributed by atoms with Crippen LogP contribution in [0, 0.1) is 0 Å². The maximum atomic E-state index is 13.5. The Morgan fingerprint density at radius 1 is 0.917 bits per heavy atom. The summed E-state index contributed by atoms with van der Waals surface area (Å²) in [5.41, 5.74) is 1.75. The van der Waals surface area contributed by atoms with Gasteiger partial charge in [0.15, 0.2) is 0 Å². The van der Waals surface area contributed by atoms with Gasteiger partial charge in [0.05, 0.1) is 16.7 Å². The van der Waals surface area contributed by atoms with E-state index in [2.05, 4.69) is 5.32 Å². The van der Waals surface area contributed by atoms with Gasteiger partial charge in [0, 0.05) is 31.0 Å². The topological polar surface area (TPSA) is 58.6 Å². The van der Waals surface area contributed by atoms with Crippen LogP contribution in [-0.2, 0) is 22.6 Å². The molecule has 0 aliphatic heterocycles. The van der Waals surface area contributed by atoms with Gasteiger partial charge in [-0.25, -0.2) is 0 Å². The van der Waals surface area contributed by atoms with E-state index in [0.29, 0.717) is 46.8 Å². The summed E-state index contributed by atoms with van der Waals surface area (Å²) in [5, 5.41) is 4.35. The van der Waals surface area contributed by atoms with Gasteiger partial charge in [-0.1, -0.05) is 71.2 Å². The number of hydrogen-bond donors (Lipinski definition) is 1. The molecular formula is C28H29Cl3N2O3. The van der Waals surface area contributed by atoms with Gasteiger partial charge in [-0.2, -0.15) is 0 Å². The maximum Gasteiger partial charge on any atom is 0.243 e. The van der Waals surface area contributed by atoms with Crippen molar-refractivity contribution in [3.05, 3.63) is 99.0 Å². The number of rotatable bonds is 12. The lowest BCUT2D eigenvalue weighted by Gasteiger charge is -2.31. The number of carbonyl (C=O) groups is 2. The van der Waals surface area contributed by atoms with Crippen LogP contribution < -0.4 is 10.1 Å². The van der Waals surface area contributed by atoms with E-state index in [1.54, 1.807) is 41.3 Å². The van der Waals surface area contributed by atoms with Crippen LogP contribution in [0.25, 0.3) is 0 Å². The molecule has 0 aliphatic carbocycles. The molecule has 0 unspecified atom stereocenters. The van der Waals surface area contributed by atoms with Crippen molar-refractivity contribution in [2.24, 2.45) is 0 Å². The first-order valence-electron chi connectivity index (χ1n) is 11.8. The highest BCUT2D eigenvalue weighted by Crippen LogP contribution is 2.25. The smallest absolute Gasteiger partial charge is 0.243 e. The molecule has 0 radical (unpaired) electrons. The summed E-state index contributed by atoms with van der Waals surface area (Å²) in [5.74, 6) is 0.337. The zero-order chi connectivity index (χ0) is 25.9. The second kappa shape index (κ2) is 14.1. The first-order valence-corrected chi connectivity index (χ1v) is 12.9. The quantitative estimate of drug-likeness (QED) is 0.261. The zero-order valence-electron chi connectivity index (χ0n) is 20.1. The number of nitrogens with one attached hydrogen (secondary N) is 1. The van der Waals surface area contributed by atoms with Gasteiger partial charge >= 0.3 is 0 Å². The summed E-state index contributed by atoms with van der Waals surface area (Å²) >= 11 is 18.2. The third kappa shape index (κ3) is 8.44. The minimum absolute atomic E-state index is 0.145. The predicted octanol–water partition coefficient (Wildman–Crippen LogP) is 6.58. The molecule has 0 saturated carbocycles. The Labute approximate surface area is 227 Å². The Bertz CT molecular complexity index is 1140. The number of nitrogens with zero attached hydrogens (tertiary/aromatic N) is 1. The molecule has 0 saturated heterocycles. The molecule has 0 aliphatic rings. The minimum atomic E-state index is -0.688. The van der Waals surface area contributed by atoms with Crippen LogP contribution in [0.4, 0.5) is 0 Å². The van der Waals surface area contributed by atoms with Crippen LogP contribution in [-0.4, -0.2) is 35.9 Å². The van der Waals surface area contributed by atoms with E-state index in [1.807, 2.05) is 43.3 Å². The highest BCUT2D eigenvalue weighted by Gasteiger charge is 2.30. The molecule has 0 bridgehead atoms. The molecule has 0 heterocycles. The van der Waals surface area contributed by atoms with Crippen LogP contribution in [0.1, 0.15) is 30.9 Å². The molecule has 1 atom stereocenters. The Balaban J connectivity index is 1.78. The van der Waals surface area contributed by atoms with E-state index >= 15 is 0 Å². The molecule has 3 aromatic rings. The Kier molecular flexibility index (Phi) is 10.9. The van der Waals surface area contributed by atoms with Crippen LogP contribution in [0.2, 0.25) is 15.1 Å². The third-order valence-corrected chi connectivity index (χ3v) is 6.57. The van der Waals surface area contributed by atoms with E-state index in [9.17, 15) is 9.59 Å². The summed E-state index contributed by atoms with van der Waals surface area (Å²) in [6.07, 6.45) is 1.10. The predicted molar refractivity (Wildman–Crippen MR) is 146 cm³/mol. The average molecular weight is 548 g/mol. The van der Waals surface area contributed by atoms with Crippen LogP contribution in [0.3, 0.4) is 0 Å². The van der Waals surface area contributed by atoms with Crippen LogP contribution >= 0.6 is 34.8 Å². The van der Waals surface area contributed by atoms with Gasteiger partial charge in [0.2, 0.25) is 11.8 Å². The highest BCUT2D eigenvalue weighted by atomic mass is 35.5. The molecule has 1 N–H and O–H groups in total. The lowest BCUT2D eigenvalue weighted by atomic mass is 10.0. The summed E-state index contributed by atoms with van der Waals surface area (Å²) in [4.78, 5) is 28.3. The van der Waals surface area contributed by atoms with Crippen molar-refractivity contribution in [1.82, 2.24) is 10.2 Å². The zero-order valence-corrected chi connectivity index (χ0v) is 22.3. The lowest BCUT2D eigenvalue weighted by molar-refractivity contribution is -0.141. The lowest BCUT2D eigenvalue weighted by Crippen LogP contribution is -2.50. The molecule has 0 fully saturated rings. The fraction of sp³-hybridized carbons (Fsp3) is 0.286. The fourth-order valence-electron chi connectivity index (χ4n) is 3.77. The number of amides is 2. The van der Waals surface area contributed by atoms with Crippen molar-refractivity contribution in [1.29, 1.82) is 0 Å². The van der Waals surface area contributed by atoms with E-state index < -0.39 is 6.04 Å². The summed E-state index contributed by atoms with van der Waals surface area (Å²) < 4.78 is 5.74. The van der Waals surface area contributed by atoms with Gasteiger partial charge in [0.25, 0.3) is 0 Å². The number of likely N-dealkylation sites (N-methyl/N-ethyl adjacent to an activating group) is 1. The normalized spacial score (nSPS) is 11.6. The first kappa shape index (κ1) is 27.9. The van der Waals surface area contributed by atoms with Crippen molar-refractivity contribution in [2.45, 2.75) is 38.8 Å². The van der Waals surface area contributed by atoms with Crippen molar-refractivity contribution in [3.63, 3.8) is 0 Å². The van der Waals surface area contributed by atoms with Crippen molar-refractivity contribution in [2.75, 3.05) is 13.2 Å². The standard InChI is InChI=1S/C28H29Cl3N2O3/c1-2-32-28(35)26(18-20-7-4-3-5-8-20)33(19-21-10-15-24(30)25(31)17-21)27(34)9-6-16-36-23-13-11-22(29)12-14-23/h3-5,7-8,10-15,17,26H,2,6,9,16,18-19H2,1H3,(H,32,35)/t26-/m1/s1. The Morgan fingerprint density at radius 3 is 2.31 bits per heavy atom. The van der Waals surface area contributed by atoms with Crippen LogP contribution in [0.5, 0.6) is 5.75 Å². The molecule has 8 heteroatoms. The van der Waals surface area contributed by atoms with Gasteiger partial charge in [-0.15, -0.1) is 0 Å². The van der Waals surface area contributed by atoms with Gasteiger partial charge < -0.3 is 15.0 Å². The number of carbonyl (C=O) groups excluding carboxylic acids is 2. The van der Waals surface area contributed by atoms with E-state index in [1.165, 1.54) is 0 Å². The first-order chi connectivity index (χ1) is 17.4. The van der Waals surface area contributed by atoms with Gasteiger partial charge in [0.1, 0.15) is 11.8 Å². The third-order valence-electron chi connectivity index (χ3n) is 5.58. The summed E-state index contributed by atoms with van der Waals surface area (Å²) in [7, 11) is 0. The minimum Gasteiger partial charge on any atom is -0.494 e. The molecule has 0 aromatic heterocycles. The van der Waals surface area contributed by atoms with Gasteiger partial charge in [-0.05, 0) is 60.9 Å². The van der Waals surface area contributed by atoms with Crippen molar-refractivity contribution >= 4 is 46.6 Å². The number of benzene rings is 3. The maximum absolute atomic E-state index is 13.5. The fourth-order valence-corrected chi connectivity index (χ4v) is 4.22. The largest absolute Gasteiger partial charge is 0.494 e. The number of halogens is 3. The molecule has 2 amide bonds. The number of hydrogen-bond acceptors (Lipinski definition) is 3.